The smallest absolute Gasteiger partial charge is 0.124 e. The topological polar surface area (TPSA) is 30.7 Å². The summed E-state index contributed by atoms with van der Waals surface area (Å²) in [5.74, 6) is 0. The fourth-order valence-electron chi connectivity index (χ4n) is 7.05. The van der Waals surface area contributed by atoms with Crippen LogP contribution in [-0.4, -0.2) is 14.5 Å². The van der Waals surface area contributed by atoms with Crippen LogP contribution in [0.3, 0.4) is 0 Å². The van der Waals surface area contributed by atoms with Crippen LogP contribution >= 0.6 is 22.7 Å². The first-order valence-corrected chi connectivity index (χ1v) is 18.1. The maximum atomic E-state index is 5.03. The van der Waals surface area contributed by atoms with Crippen molar-refractivity contribution in [3.63, 3.8) is 0 Å². The Morgan fingerprint density at radius 3 is 1.57 bits per heavy atom. The number of rotatable bonds is 4. The first-order valence-electron chi connectivity index (χ1n) is 16.5. The average molecular weight is 664 g/mol. The van der Waals surface area contributed by atoms with Gasteiger partial charge in [0.2, 0.25) is 0 Å². The second kappa shape index (κ2) is 11.0. The van der Waals surface area contributed by atoms with Gasteiger partial charge >= 0.3 is 0 Å². The average Bonchev–Trinajstić information content (AvgIpc) is 3.84. The predicted molar refractivity (Wildman–Crippen MR) is 210 cm³/mol. The van der Waals surface area contributed by atoms with E-state index in [9.17, 15) is 0 Å². The Morgan fingerprint density at radius 1 is 0.449 bits per heavy atom. The van der Waals surface area contributed by atoms with Gasteiger partial charge in [-0.15, -0.1) is 22.7 Å². The van der Waals surface area contributed by atoms with Gasteiger partial charge in [-0.2, -0.15) is 0 Å². The Morgan fingerprint density at radius 2 is 0.980 bits per heavy atom. The Kier molecular flexibility index (Phi) is 6.35. The molecule has 0 aliphatic carbocycles. The minimum atomic E-state index is 1.04. The van der Waals surface area contributed by atoms with E-state index in [1.54, 1.807) is 22.7 Å². The fourth-order valence-corrected chi connectivity index (χ4v) is 9.17. The molecule has 5 heteroatoms. The van der Waals surface area contributed by atoms with Crippen molar-refractivity contribution in [3.8, 4) is 38.0 Å². The SMILES string of the molecule is Cc1ccc2nc(-c3ccc4c(c3)c3cc(-c5nc6ccc(C)cc6s5)ccc3n4-c3ccc(-c4ccc5ccccc5c4)cc3)sc2c1. The molecule has 10 aromatic rings. The summed E-state index contributed by atoms with van der Waals surface area (Å²) in [4.78, 5) is 10.1. The van der Waals surface area contributed by atoms with Crippen molar-refractivity contribution in [2.75, 3.05) is 0 Å². The van der Waals surface area contributed by atoms with Crippen LogP contribution in [0.25, 0.3) is 91.0 Å². The van der Waals surface area contributed by atoms with Gasteiger partial charge in [0.1, 0.15) is 10.0 Å². The van der Waals surface area contributed by atoms with Crippen molar-refractivity contribution in [2.45, 2.75) is 13.8 Å². The number of thiazole rings is 2. The highest BCUT2D eigenvalue weighted by Crippen LogP contribution is 2.40. The molecular weight excluding hydrogens is 635 g/mol. The fraction of sp³-hybridized carbons (Fsp3) is 0.0455. The summed E-state index contributed by atoms with van der Waals surface area (Å²) in [5, 5.41) is 7.01. The summed E-state index contributed by atoms with van der Waals surface area (Å²) >= 11 is 3.52. The summed E-state index contributed by atoms with van der Waals surface area (Å²) in [6.45, 7) is 4.27. The van der Waals surface area contributed by atoms with Crippen LogP contribution in [0.4, 0.5) is 0 Å². The number of hydrogen-bond donors (Lipinski definition) is 0. The molecule has 0 N–H and O–H groups in total. The van der Waals surface area contributed by atoms with Crippen LogP contribution in [0.15, 0.2) is 140 Å². The van der Waals surface area contributed by atoms with Gasteiger partial charge in [-0.05, 0) is 126 Å². The number of benzene rings is 7. The molecule has 0 bridgehead atoms. The third-order valence-corrected chi connectivity index (χ3v) is 11.7. The molecule has 0 saturated heterocycles. The molecule has 0 atom stereocenters. The summed E-state index contributed by atoms with van der Waals surface area (Å²) in [5.41, 5.74) is 12.8. The van der Waals surface area contributed by atoms with Gasteiger partial charge in [-0.25, -0.2) is 9.97 Å². The molecular formula is C44H29N3S2. The van der Waals surface area contributed by atoms with Crippen LogP contribution in [0, 0.1) is 13.8 Å². The molecule has 0 aliphatic heterocycles. The maximum absolute atomic E-state index is 5.03. The van der Waals surface area contributed by atoms with E-state index in [0.29, 0.717) is 0 Å². The van der Waals surface area contributed by atoms with Gasteiger partial charge in [-0.3, -0.25) is 0 Å². The van der Waals surface area contributed by atoms with E-state index in [-0.39, 0.29) is 0 Å². The van der Waals surface area contributed by atoms with E-state index >= 15 is 0 Å². The van der Waals surface area contributed by atoms with E-state index in [1.165, 1.54) is 64.2 Å². The first kappa shape index (κ1) is 28.4. The largest absolute Gasteiger partial charge is 0.309 e. The quantitative estimate of drug-likeness (QED) is 0.188. The minimum Gasteiger partial charge on any atom is -0.309 e. The van der Waals surface area contributed by atoms with Crippen LogP contribution in [0.2, 0.25) is 0 Å². The highest BCUT2D eigenvalue weighted by atomic mass is 32.1. The summed E-state index contributed by atoms with van der Waals surface area (Å²) < 4.78 is 4.83. The molecule has 0 fully saturated rings. The summed E-state index contributed by atoms with van der Waals surface area (Å²) in [7, 11) is 0. The van der Waals surface area contributed by atoms with Gasteiger partial charge < -0.3 is 4.57 Å². The standard InChI is InChI=1S/C44H29N3S2/c1-26-7-17-37-41(21-26)48-43(45-37)32-13-19-39-35(24-32)36-25-33(44-46-38-18-8-27(2)22-42(38)49-44)14-20-40(36)47(39)34-15-11-29(12-16-34)31-10-9-28-5-3-4-6-30(28)23-31/h3-25H,1-2H3. The highest BCUT2D eigenvalue weighted by Gasteiger charge is 2.17. The zero-order valence-electron chi connectivity index (χ0n) is 26.9. The molecule has 3 aromatic heterocycles. The van der Waals surface area contributed by atoms with E-state index in [1.807, 2.05) is 0 Å². The lowest BCUT2D eigenvalue weighted by molar-refractivity contribution is 1.18. The number of nitrogens with zero attached hydrogens (tertiary/aromatic N) is 3. The van der Waals surface area contributed by atoms with Crippen molar-refractivity contribution in [1.29, 1.82) is 0 Å². The molecule has 232 valence electrons. The van der Waals surface area contributed by atoms with E-state index < -0.39 is 0 Å². The Bertz CT molecular complexity index is 2770. The van der Waals surface area contributed by atoms with Gasteiger partial charge in [0, 0.05) is 27.6 Å². The molecule has 10 rings (SSSR count). The van der Waals surface area contributed by atoms with Gasteiger partial charge in [0.05, 0.1) is 31.5 Å². The number of hydrogen-bond acceptors (Lipinski definition) is 4. The molecule has 0 unspecified atom stereocenters. The zero-order chi connectivity index (χ0) is 32.6. The lowest BCUT2D eigenvalue weighted by Crippen LogP contribution is -1.94. The molecule has 0 saturated carbocycles. The molecule has 7 aromatic carbocycles. The number of aromatic nitrogens is 3. The molecule has 0 amide bonds. The third-order valence-electron chi connectivity index (χ3n) is 9.56. The van der Waals surface area contributed by atoms with E-state index in [0.717, 1.165) is 37.9 Å². The molecule has 0 spiro atoms. The first-order chi connectivity index (χ1) is 24.0. The monoisotopic (exact) mass is 663 g/mol. The highest BCUT2D eigenvalue weighted by molar-refractivity contribution is 7.22. The van der Waals surface area contributed by atoms with Crippen LogP contribution in [-0.2, 0) is 0 Å². The van der Waals surface area contributed by atoms with Gasteiger partial charge in [-0.1, -0.05) is 60.7 Å². The maximum Gasteiger partial charge on any atom is 0.124 e. The van der Waals surface area contributed by atoms with Crippen LogP contribution in [0.5, 0.6) is 0 Å². The number of aryl methyl sites for hydroxylation is 2. The molecule has 49 heavy (non-hydrogen) atoms. The van der Waals surface area contributed by atoms with Crippen molar-refractivity contribution >= 4 is 75.7 Å². The van der Waals surface area contributed by atoms with Crippen molar-refractivity contribution in [1.82, 2.24) is 14.5 Å². The van der Waals surface area contributed by atoms with E-state index in [4.69, 9.17) is 9.97 Å². The Hall–Kier alpha value is -5.62. The second-order valence-corrected chi connectivity index (χ2v) is 14.9. The summed E-state index contributed by atoms with van der Waals surface area (Å²) in [6, 6.07) is 50.8. The molecule has 0 aliphatic rings. The van der Waals surface area contributed by atoms with Crippen LogP contribution in [0.1, 0.15) is 11.1 Å². The molecule has 3 heterocycles. The minimum absolute atomic E-state index is 1.04. The van der Waals surface area contributed by atoms with Gasteiger partial charge in [0.25, 0.3) is 0 Å². The second-order valence-electron chi connectivity index (χ2n) is 12.9. The van der Waals surface area contributed by atoms with Crippen molar-refractivity contribution < 1.29 is 0 Å². The van der Waals surface area contributed by atoms with E-state index in [2.05, 4.69) is 158 Å². The van der Waals surface area contributed by atoms with Crippen LogP contribution < -0.4 is 0 Å². The van der Waals surface area contributed by atoms with Crippen molar-refractivity contribution in [3.05, 3.63) is 151 Å². The summed E-state index contributed by atoms with van der Waals surface area (Å²) in [6.07, 6.45) is 0. The van der Waals surface area contributed by atoms with Crippen molar-refractivity contribution in [2.24, 2.45) is 0 Å². The Labute approximate surface area is 291 Å². The third kappa shape index (κ3) is 4.77. The Balaban J connectivity index is 1.14. The lowest BCUT2D eigenvalue weighted by Gasteiger charge is -2.10. The number of fused-ring (bicyclic) bond motifs is 6. The predicted octanol–water partition coefficient (Wildman–Crippen LogP) is 12.8. The molecule has 0 radical (unpaired) electrons. The lowest BCUT2D eigenvalue weighted by atomic mass is 10.0. The van der Waals surface area contributed by atoms with Gasteiger partial charge in [0.15, 0.2) is 0 Å². The molecule has 3 nitrogen and oxygen atoms in total. The zero-order valence-corrected chi connectivity index (χ0v) is 28.6. The normalized spacial score (nSPS) is 11.9.